The van der Waals surface area contributed by atoms with E-state index in [9.17, 15) is 0 Å². The smallest absolute Gasteiger partial charge is 0.198 e. The Kier molecular flexibility index (Phi) is 4.89. The maximum atomic E-state index is 2.48. The molecule has 2 aromatic heterocycles. The number of aryl methyl sites for hydroxylation is 2. The number of benzene rings is 3. The van der Waals surface area contributed by atoms with Gasteiger partial charge in [0.05, 0.1) is 16.5 Å². The van der Waals surface area contributed by atoms with Crippen LogP contribution in [0.25, 0.3) is 45.4 Å². The zero-order valence-electron chi connectivity index (χ0n) is 21.0. The second-order valence-corrected chi connectivity index (χ2v) is 10.2. The zero-order valence-corrected chi connectivity index (χ0v) is 21.0. The number of pyridine rings is 2. The summed E-state index contributed by atoms with van der Waals surface area (Å²) < 4.78 is 4.94. The molecule has 2 nitrogen and oxygen atoms in total. The van der Waals surface area contributed by atoms with Crippen molar-refractivity contribution < 1.29 is 9.13 Å². The van der Waals surface area contributed by atoms with E-state index < -0.39 is 0 Å². The Bertz CT molecular complexity index is 1690. The van der Waals surface area contributed by atoms with Gasteiger partial charge in [0.25, 0.3) is 0 Å². The van der Waals surface area contributed by atoms with Crippen molar-refractivity contribution in [3.8, 4) is 22.5 Å². The lowest BCUT2D eigenvalue weighted by Gasteiger charge is -2.27. The van der Waals surface area contributed by atoms with E-state index in [1.54, 1.807) is 0 Å². The fourth-order valence-corrected chi connectivity index (χ4v) is 6.30. The van der Waals surface area contributed by atoms with Crippen molar-refractivity contribution in [3.05, 3.63) is 119 Å². The van der Waals surface area contributed by atoms with Crippen molar-refractivity contribution in [1.82, 2.24) is 0 Å². The maximum absolute atomic E-state index is 2.48. The highest BCUT2D eigenvalue weighted by Crippen LogP contribution is 2.44. The summed E-state index contributed by atoms with van der Waals surface area (Å²) in [6.45, 7) is 6.75. The van der Waals surface area contributed by atoms with Crippen molar-refractivity contribution in [2.24, 2.45) is 0 Å². The van der Waals surface area contributed by atoms with E-state index in [1.165, 1.54) is 66.7 Å². The largest absolute Gasteiger partial charge is 0.221 e. The average molecular weight is 467 g/mol. The van der Waals surface area contributed by atoms with Gasteiger partial charge in [0, 0.05) is 31.0 Å². The number of fused-ring (bicyclic) bond motifs is 9. The predicted octanol–water partition coefficient (Wildman–Crippen LogP) is 6.65. The second-order valence-electron chi connectivity index (χ2n) is 10.2. The normalized spacial score (nSPS) is 13.8. The highest BCUT2D eigenvalue weighted by molar-refractivity contribution is 5.99. The van der Waals surface area contributed by atoms with Gasteiger partial charge in [-0.25, -0.2) is 0 Å². The van der Waals surface area contributed by atoms with E-state index in [-0.39, 0.29) is 0 Å². The van der Waals surface area contributed by atoms with Gasteiger partial charge >= 0.3 is 0 Å². The first kappa shape index (κ1) is 21.3. The van der Waals surface area contributed by atoms with Gasteiger partial charge in [-0.2, -0.15) is 9.13 Å². The number of nitrogens with zero attached hydrogens (tertiary/aromatic N) is 2. The van der Waals surface area contributed by atoms with Crippen LogP contribution in [0.3, 0.4) is 0 Å². The lowest BCUT2D eigenvalue weighted by molar-refractivity contribution is -0.689. The van der Waals surface area contributed by atoms with Crippen LogP contribution in [0, 0.1) is 13.8 Å². The van der Waals surface area contributed by atoms with Crippen molar-refractivity contribution in [2.75, 3.05) is 0 Å². The number of aromatic nitrogens is 2. The summed E-state index contributed by atoms with van der Waals surface area (Å²) in [5, 5.41) is 2.66. The van der Waals surface area contributed by atoms with Gasteiger partial charge in [0.15, 0.2) is 25.5 Å². The fourth-order valence-electron chi connectivity index (χ4n) is 6.30. The van der Waals surface area contributed by atoms with E-state index in [2.05, 4.69) is 120 Å². The molecule has 0 saturated heterocycles. The Labute approximate surface area is 212 Å². The van der Waals surface area contributed by atoms with Gasteiger partial charge in [-0.05, 0) is 58.7 Å². The molecule has 0 bridgehead atoms. The molecule has 0 fully saturated rings. The summed E-state index contributed by atoms with van der Waals surface area (Å²) in [6.07, 6.45) is 11.2. The molecule has 5 aromatic rings. The quantitative estimate of drug-likeness (QED) is 0.257. The fraction of sp³-hybridized carbons (Fsp3) is 0.176. The van der Waals surface area contributed by atoms with Crippen molar-refractivity contribution in [2.45, 2.75) is 39.8 Å². The summed E-state index contributed by atoms with van der Waals surface area (Å²) in [7, 11) is 0. The molecule has 2 heteroatoms. The predicted molar refractivity (Wildman–Crippen MR) is 147 cm³/mol. The highest BCUT2D eigenvalue weighted by Gasteiger charge is 2.37. The molecule has 0 radical (unpaired) electrons. The van der Waals surface area contributed by atoms with E-state index in [4.69, 9.17) is 0 Å². The van der Waals surface area contributed by atoms with E-state index in [0.717, 1.165) is 25.9 Å². The molecule has 3 aromatic carbocycles. The molecule has 2 aliphatic rings. The molecule has 0 amide bonds. The summed E-state index contributed by atoms with van der Waals surface area (Å²) in [5.74, 6) is 0. The van der Waals surface area contributed by atoms with Gasteiger partial charge in [0.2, 0.25) is 11.4 Å². The first-order chi connectivity index (χ1) is 17.7. The monoisotopic (exact) mass is 466 g/mol. The summed E-state index contributed by atoms with van der Waals surface area (Å²) in [5.41, 5.74) is 14.1. The minimum absolute atomic E-state index is 1.03. The van der Waals surface area contributed by atoms with Crippen LogP contribution in [0.4, 0.5) is 0 Å². The van der Waals surface area contributed by atoms with Crippen LogP contribution in [0.2, 0.25) is 0 Å². The maximum Gasteiger partial charge on any atom is 0.221 e. The Morgan fingerprint density at radius 3 is 2.14 bits per heavy atom. The molecule has 0 N–H and O–H groups in total. The van der Waals surface area contributed by atoms with E-state index in [1.807, 2.05) is 0 Å². The van der Waals surface area contributed by atoms with Crippen molar-refractivity contribution in [3.63, 3.8) is 0 Å². The van der Waals surface area contributed by atoms with Gasteiger partial charge in [-0.15, -0.1) is 0 Å². The SMILES string of the molecule is Cc1c(C)c2c(c3c1CC[n+]1ccc(C=Cc4ccccc4)cc1-3)-c1c3ccccc3cc[n+]1CC2. The first-order valence-corrected chi connectivity index (χ1v) is 13.0. The van der Waals surface area contributed by atoms with Crippen LogP contribution in [0.1, 0.15) is 33.4 Å². The molecular weight excluding hydrogens is 436 g/mol. The van der Waals surface area contributed by atoms with Gasteiger partial charge in [0.1, 0.15) is 0 Å². The minimum Gasteiger partial charge on any atom is -0.198 e. The molecule has 2 aliphatic heterocycles. The van der Waals surface area contributed by atoms with Crippen LogP contribution >= 0.6 is 0 Å². The molecule has 174 valence electrons. The lowest BCUT2D eigenvalue weighted by atomic mass is 9.79. The summed E-state index contributed by atoms with van der Waals surface area (Å²) in [4.78, 5) is 0. The number of hydrogen-bond donors (Lipinski definition) is 0. The zero-order chi connectivity index (χ0) is 24.2. The van der Waals surface area contributed by atoms with Crippen molar-refractivity contribution in [1.29, 1.82) is 0 Å². The Morgan fingerprint density at radius 2 is 1.31 bits per heavy atom. The molecule has 0 aliphatic carbocycles. The van der Waals surface area contributed by atoms with Crippen LogP contribution < -0.4 is 9.13 Å². The molecule has 0 atom stereocenters. The third-order valence-electron chi connectivity index (χ3n) is 8.28. The third-order valence-corrected chi connectivity index (χ3v) is 8.28. The van der Waals surface area contributed by atoms with Crippen LogP contribution in [0.5, 0.6) is 0 Å². The van der Waals surface area contributed by atoms with E-state index in [0.29, 0.717) is 0 Å². The molecule has 4 heterocycles. The van der Waals surface area contributed by atoms with Gasteiger partial charge < -0.3 is 0 Å². The molecular formula is C34H30N2+2. The standard InChI is InChI=1S/C34H30N2/c1-23-24(2)29-17-21-36-19-15-27-10-6-7-11-30(27)34(36)33(29)32-28(23)16-20-35-18-14-26(22-31(32)35)13-12-25-8-4-3-5-9-25/h3-15,18-19,22H,16-17,20-21H2,1-2H3/q+2. The second kappa shape index (κ2) is 8.27. The topological polar surface area (TPSA) is 7.76 Å². The first-order valence-electron chi connectivity index (χ1n) is 13.0. The van der Waals surface area contributed by atoms with Crippen LogP contribution in [-0.4, -0.2) is 0 Å². The van der Waals surface area contributed by atoms with Crippen molar-refractivity contribution >= 4 is 22.9 Å². The molecule has 0 saturated carbocycles. The highest BCUT2D eigenvalue weighted by atomic mass is 15.0. The van der Waals surface area contributed by atoms with Crippen LogP contribution in [-0.2, 0) is 25.9 Å². The summed E-state index contributed by atoms with van der Waals surface area (Å²) in [6, 6.07) is 26.3. The Morgan fingerprint density at radius 1 is 0.639 bits per heavy atom. The summed E-state index contributed by atoms with van der Waals surface area (Å²) >= 11 is 0. The molecule has 0 spiro atoms. The number of hydrogen-bond acceptors (Lipinski definition) is 0. The van der Waals surface area contributed by atoms with Gasteiger partial charge in [-0.3, -0.25) is 0 Å². The minimum atomic E-state index is 1.03. The lowest BCUT2D eigenvalue weighted by Crippen LogP contribution is -2.43. The number of rotatable bonds is 2. The van der Waals surface area contributed by atoms with Crippen LogP contribution in [0.15, 0.2) is 85.2 Å². The third kappa shape index (κ3) is 3.25. The molecule has 36 heavy (non-hydrogen) atoms. The van der Waals surface area contributed by atoms with E-state index >= 15 is 0 Å². The average Bonchev–Trinajstić information content (AvgIpc) is 2.94. The Balaban J connectivity index is 1.50. The molecule has 7 rings (SSSR count). The Hall–Kier alpha value is -4.04. The molecule has 0 unspecified atom stereocenters. The van der Waals surface area contributed by atoms with Gasteiger partial charge in [-0.1, -0.05) is 60.7 Å².